The summed E-state index contributed by atoms with van der Waals surface area (Å²) in [5.74, 6) is 0.649. The van der Waals surface area contributed by atoms with Gasteiger partial charge in [0.1, 0.15) is 5.60 Å². The number of ether oxygens (including phenoxy) is 1. The average Bonchev–Trinajstić information content (AvgIpc) is 2.88. The number of hydrogen-bond donors (Lipinski definition) is 0. The fourth-order valence-electron chi connectivity index (χ4n) is 4.06. The van der Waals surface area contributed by atoms with Gasteiger partial charge in [0.25, 0.3) is 0 Å². The van der Waals surface area contributed by atoms with Gasteiger partial charge in [0, 0.05) is 43.0 Å². The fourth-order valence-corrected chi connectivity index (χ4v) is 4.06. The van der Waals surface area contributed by atoms with Crippen LogP contribution in [0, 0.1) is 0 Å². The molecule has 0 radical (unpaired) electrons. The van der Waals surface area contributed by atoms with Gasteiger partial charge in [0.2, 0.25) is 5.95 Å². The molecule has 32 heavy (non-hydrogen) atoms. The number of rotatable bonds is 4. The highest BCUT2D eigenvalue weighted by molar-refractivity contribution is 6.61. The lowest BCUT2D eigenvalue weighted by atomic mass is 9.81. The molecule has 0 aliphatic carbocycles. The van der Waals surface area contributed by atoms with Crippen LogP contribution in [0.4, 0.5) is 10.7 Å². The number of piperidine rings is 1. The molecule has 2 saturated heterocycles. The predicted octanol–water partition coefficient (Wildman–Crippen LogP) is 3.39. The summed E-state index contributed by atoms with van der Waals surface area (Å²) in [6.45, 7) is 19.3. The highest BCUT2D eigenvalue weighted by Crippen LogP contribution is 2.36. The Hall–Kier alpha value is -1.87. The van der Waals surface area contributed by atoms with Crippen LogP contribution in [-0.4, -0.2) is 70.1 Å². The third-order valence-corrected chi connectivity index (χ3v) is 6.41. The van der Waals surface area contributed by atoms with Crippen molar-refractivity contribution in [3.05, 3.63) is 12.4 Å². The zero-order valence-corrected chi connectivity index (χ0v) is 21.1. The molecule has 0 N–H and O–H groups in total. The second kappa shape index (κ2) is 8.82. The molecule has 1 amide bonds. The number of carbonyl (C=O) groups is 1. The quantitative estimate of drug-likeness (QED) is 0.657. The summed E-state index contributed by atoms with van der Waals surface area (Å²) in [6.07, 6.45) is 5.20. The number of carbonyl (C=O) groups excluding carboxylic acids is 1. The van der Waals surface area contributed by atoms with E-state index in [4.69, 9.17) is 14.0 Å². The Balaban J connectivity index is 1.74. The van der Waals surface area contributed by atoms with Gasteiger partial charge in [-0.05, 0) is 75.2 Å². The lowest BCUT2D eigenvalue weighted by Gasteiger charge is -2.41. The molecular formula is C23H39BN4O4. The second-order valence-corrected chi connectivity index (χ2v) is 11.1. The number of aromatic nitrogens is 2. The van der Waals surface area contributed by atoms with E-state index in [1.54, 1.807) is 17.3 Å². The summed E-state index contributed by atoms with van der Waals surface area (Å²) >= 11 is 0. The third kappa shape index (κ3) is 5.37. The molecular weight excluding hydrogens is 407 g/mol. The highest BCUT2D eigenvalue weighted by atomic mass is 16.7. The van der Waals surface area contributed by atoms with Gasteiger partial charge < -0.3 is 23.8 Å². The van der Waals surface area contributed by atoms with E-state index in [9.17, 15) is 4.79 Å². The van der Waals surface area contributed by atoms with Crippen molar-refractivity contribution in [2.45, 2.75) is 104 Å². The van der Waals surface area contributed by atoms with Crippen LogP contribution in [0.1, 0.15) is 75.2 Å². The van der Waals surface area contributed by atoms with Crippen LogP contribution in [0.5, 0.6) is 0 Å². The van der Waals surface area contributed by atoms with Gasteiger partial charge in [0.15, 0.2) is 0 Å². The molecule has 0 spiro atoms. The summed E-state index contributed by atoms with van der Waals surface area (Å²) in [5.41, 5.74) is -0.523. The van der Waals surface area contributed by atoms with E-state index in [-0.39, 0.29) is 18.2 Å². The summed E-state index contributed by atoms with van der Waals surface area (Å²) < 4.78 is 17.8. The lowest BCUT2D eigenvalue weighted by molar-refractivity contribution is 0.00578. The first-order valence-corrected chi connectivity index (χ1v) is 11.6. The Labute approximate surface area is 193 Å². The van der Waals surface area contributed by atoms with Crippen LogP contribution in [-0.2, 0) is 14.0 Å². The number of hydrogen-bond acceptors (Lipinski definition) is 7. The highest BCUT2D eigenvalue weighted by Gasteiger charge is 2.52. The number of nitrogens with zero attached hydrogens (tertiary/aromatic N) is 4. The van der Waals surface area contributed by atoms with E-state index in [0.717, 1.165) is 18.3 Å². The van der Waals surface area contributed by atoms with Gasteiger partial charge in [-0.2, -0.15) is 0 Å². The zero-order chi connectivity index (χ0) is 23.9. The Morgan fingerprint density at radius 1 is 1.19 bits per heavy atom. The van der Waals surface area contributed by atoms with E-state index in [2.05, 4.69) is 28.7 Å². The molecule has 0 bridgehead atoms. The molecule has 3 heterocycles. The van der Waals surface area contributed by atoms with Gasteiger partial charge in [-0.25, -0.2) is 14.8 Å². The van der Waals surface area contributed by atoms with Crippen molar-refractivity contribution in [2.24, 2.45) is 0 Å². The topological polar surface area (TPSA) is 77.0 Å². The smallest absolute Gasteiger partial charge is 0.444 e. The van der Waals surface area contributed by atoms with E-state index in [1.165, 1.54) is 0 Å². The van der Waals surface area contributed by atoms with Crippen LogP contribution < -0.4 is 10.4 Å². The number of likely N-dealkylation sites (tertiary alicyclic amines) is 1. The summed E-state index contributed by atoms with van der Waals surface area (Å²) in [4.78, 5) is 25.9. The van der Waals surface area contributed by atoms with Crippen LogP contribution >= 0.6 is 0 Å². The van der Waals surface area contributed by atoms with Crippen molar-refractivity contribution in [3.63, 3.8) is 0 Å². The van der Waals surface area contributed by atoms with Crippen molar-refractivity contribution in [1.29, 1.82) is 0 Å². The molecule has 1 atom stereocenters. The van der Waals surface area contributed by atoms with Gasteiger partial charge in [0.05, 0.1) is 11.2 Å². The normalized spacial score (nSPS) is 22.9. The van der Waals surface area contributed by atoms with Crippen molar-refractivity contribution in [1.82, 2.24) is 14.9 Å². The molecule has 1 aromatic rings. The van der Waals surface area contributed by atoms with Gasteiger partial charge in [-0.15, -0.1) is 0 Å². The van der Waals surface area contributed by atoms with Crippen molar-refractivity contribution < 1.29 is 18.8 Å². The number of amides is 1. The zero-order valence-electron chi connectivity index (χ0n) is 21.1. The van der Waals surface area contributed by atoms with Gasteiger partial charge in [-0.1, -0.05) is 0 Å². The molecule has 2 fully saturated rings. The van der Waals surface area contributed by atoms with Crippen molar-refractivity contribution in [2.75, 3.05) is 18.0 Å². The fraction of sp³-hybridized carbons (Fsp3) is 0.783. The Bertz CT molecular complexity index is 791. The molecule has 3 rings (SSSR count). The summed E-state index contributed by atoms with van der Waals surface area (Å²) in [5, 5.41) is 0. The largest absolute Gasteiger partial charge is 0.498 e. The Morgan fingerprint density at radius 3 is 2.25 bits per heavy atom. The second-order valence-electron chi connectivity index (χ2n) is 11.1. The van der Waals surface area contributed by atoms with Gasteiger partial charge in [-0.3, -0.25) is 0 Å². The minimum Gasteiger partial charge on any atom is -0.444 e. The van der Waals surface area contributed by atoms with Crippen LogP contribution in [0.3, 0.4) is 0 Å². The van der Waals surface area contributed by atoms with Gasteiger partial charge >= 0.3 is 13.2 Å². The molecule has 0 saturated carbocycles. The molecule has 1 aromatic heterocycles. The maximum atomic E-state index is 12.6. The Morgan fingerprint density at radius 2 is 1.75 bits per heavy atom. The van der Waals surface area contributed by atoms with E-state index in [0.29, 0.717) is 19.0 Å². The van der Waals surface area contributed by atoms with Crippen LogP contribution in [0.15, 0.2) is 12.4 Å². The molecule has 2 aliphatic rings. The van der Waals surface area contributed by atoms with Crippen LogP contribution in [0.2, 0.25) is 0 Å². The first kappa shape index (κ1) is 24.8. The molecule has 178 valence electrons. The van der Waals surface area contributed by atoms with Crippen molar-refractivity contribution >= 4 is 24.6 Å². The summed E-state index contributed by atoms with van der Waals surface area (Å²) in [6, 6.07) is 0.306. The van der Waals surface area contributed by atoms with E-state index in [1.807, 2.05) is 48.5 Å². The SMILES string of the molecule is CC(C)N(c1ncc(B2OC(C)(C)C(C)(C)O2)cn1)C1CCCN(C(=O)OC(C)(C)C)C1. The molecule has 2 aliphatic heterocycles. The summed E-state index contributed by atoms with van der Waals surface area (Å²) in [7, 11) is -0.487. The first-order chi connectivity index (χ1) is 14.7. The number of anilines is 1. The maximum Gasteiger partial charge on any atom is 0.498 e. The predicted molar refractivity (Wildman–Crippen MR) is 126 cm³/mol. The standard InChI is InChI=1S/C23H39BN4O4/c1-16(2)28(18-11-10-12-27(15-18)20(29)30-21(3,4)5)19-25-13-17(14-26-19)24-31-22(6,7)23(8,9)32-24/h13-14,16,18H,10-12,15H2,1-9H3. The van der Waals surface area contributed by atoms with Crippen molar-refractivity contribution in [3.8, 4) is 0 Å². The monoisotopic (exact) mass is 446 g/mol. The van der Waals surface area contributed by atoms with Crippen LogP contribution in [0.25, 0.3) is 0 Å². The minimum atomic E-state index is -0.506. The first-order valence-electron chi connectivity index (χ1n) is 11.6. The van der Waals surface area contributed by atoms with E-state index >= 15 is 0 Å². The molecule has 0 aromatic carbocycles. The maximum absolute atomic E-state index is 12.6. The average molecular weight is 446 g/mol. The molecule has 8 nitrogen and oxygen atoms in total. The molecule has 9 heteroatoms. The Kier molecular flexibility index (Phi) is 6.83. The van der Waals surface area contributed by atoms with E-state index < -0.39 is 23.9 Å². The minimum absolute atomic E-state index is 0.124. The molecule has 1 unspecified atom stereocenters. The lowest BCUT2D eigenvalue weighted by Crippen LogP contribution is -2.53. The third-order valence-electron chi connectivity index (χ3n) is 6.41.